The van der Waals surface area contributed by atoms with Crippen LogP contribution in [0.15, 0.2) is 51.3 Å². The maximum absolute atomic E-state index is 12.7. The topological polar surface area (TPSA) is 66.1 Å². The number of piperazine rings is 1. The molecule has 1 aliphatic rings. The Balaban J connectivity index is 1.36. The van der Waals surface area contributed by atoms with Crippen molar-refractivity contribution in [3.8, 4) is 0 Å². The zero-order valence-corrected chi connectivity index (χ0v) is 18.2. The third-order valence-corrected chi connectivity index (χ3v) is 6.39. The molecular formula is C22H26N6OS. The lowest BCUT2D eigenvalue weighted by Crippen LogP contribution is -2.47. The number of aliphatic imine (C=N–C) groups is 2. The Kier molecular flexibility index (Phi) is 6.06. The van der Waals surface area contributed by atoms with Crippen LogP contribution < -0.4 is 10.5 Å². The van der Waals surface area contributed by atoms with Crippen molar-refractivity contribution < 1.29 is 0 Å². The van der Waals surface area contributed by atoms with Gasteiger partial charge in [-0.3, -0.25) is 9.69 Å². The van der Waals surface area contributed by atoms with Crippen LogP contribution in [0.4, 0.5) is 11.5 Å². The number of amidine groups is 1. The van der Waals surface area contributed by atoms with Gasteiger partial charge in [0.05, 0.1) is 10.4 Å². The van der Waals surface area contributed by atoms with E-state index in [1.165, 1.54) is 10.1 Å². The molecule has 0 spiro atoms. The Hall–Kier alpha value is -2.84. The van der Waals surface area contributed by atoms with Crippen molar-refractivity contribution in [3.05, 3.63) is 52.4 Å². The second-order valence-corrected chi connectivity index (χ2v) is 8.28. The van der Waals surface area contributed by atoms with Crippen LogP contribution in [-0.4, -0.2) is 59.1 Å². The largest absolute Gasteiger partial charge is 0.353 e. The van der Waals surface area contributed by atoms with E-state index >= 15 is 0 Å². The number of fused-ring (bicyclic) bond motifs is 1. The summed E-state index contributed by atoms with van der Waals surface area (Å²) >= 11 is 1.56. The molecule has 4 rings (SSSR count). The lowest BCUT2D eigenvalue weighted by molar-refractivity contribution is 0.247. The van der Waals surface area contributed by atoms with E-state index in [4.69, 9.17) is 0 Å². The van der Waals surface area contributed by atoms with E-state index in [-0.39, 0.29) is 5.56 Å². The van der Waals surface area contributed by atoms with E-state index < -0.39 is 0 Å². The number of anilines is 1. The summed E-state index contributed by atoms with van der Waals surface area (Å²) in [4.78, 5) is 25.6. The van der Waals surface area contributed by atoms with Gasteiger partial charge in [-0.25, -0.2) is 9.98 Å². The van der Waals surface area contributed by atoms with E-state index in [0.29, 0.717) is 23.6 Å². The van der Waals surface area contributed by atoms with Crippen LogP contribution in [0.5, 0.6) is 0 Å². The summed E-state index contributed by atoms with van der Waals surface area (Å²) < 4.78 is 7.68. The van der Waals surface area contributed by atoms with Crippen molar-refractivity contribution in [1.82, 2.24) is 13.8 Å². The standard InChI is InChI=1S/C22H26N6OS/c1-16-19(24-17(2)23-3)8-9-28(22(16)29)15-12-26-10-13-27(14-11-26)21-18-6-4-5-7-20(18)30-25-21/h4-9H,3,10-15H2,1-2H3. The molecule has 30 heavy (non-hydrogen) atoms. The SMILES string of the molecule is C=NC(C)=Nc1ccn(CCN2CCN(c3nsc4ccccc34)CC2)c(=O)c1C. The number of nitrogens with zero attached hydrogens (tertiary/aromatic N) is 6. The predicted octanol–water partition coefficient (Wildman–Crippen LogP) is 3.34. The van der Waals surface area contributed by atoms with Crippen molar-refractivity contribution >= 4 is 45.7 Å². The van der Waals surface area contributed by atoms with Gasteiger partial charge in [0.1, 0.15) is 11.7 Å². The Bertz CT molecular complexity index is 1140. The Morgan fingerprint density at radius 2 is 1.93 bits per heavy atom. The van der Waals surface area contributed by atoms with E-state index in [2.05, 4.69) is 55.1 Å². The molecule has 0 saturated carbocycles. The predicted molar refractivity (Wildman–Crippen MR) is 126 cm³/mol. The van der Waals surface area contributed by atoms with Crippen molar-refractivity contribution in [2.24, 2.45) is 9.98 Å². The number of aromatic nitrogens is 2. The quantitative estimate of drug-likeness (QED) is 0.467. The zero-order valence-electron chi connectivity index (χ0n) is 17.4. The fourth-order valence-electron chi connectivity index (χ4n) is 3.72. The van der Waals surface area contributed by atoms with Crippen LogP contribution in [-0.2, 0) is 6.54 Å². The molecule has 1 saturated heterocycles. The minimum absolute atomic E-state index is 0.000640. The van der Waals surface area contributed by atoms with Gasteiger partial charge in [-0.15, -0.1) is 0 Å². The van der Waals surface area contributed by atoms with Crippen LogP contribution in [0.25, 0.3) is 10.1 Å². The molecule has 0 unspecified atom stereocenters. The zero-order chi connectivity index (χ0) is 21.1. The highest BCUT2D eigenvalue weighted by Crippen LogP contribution is 2.29. The first kappa shape index (κ1) is 20.4. The summed E-state index contributed by atoms with van der Waals surface area (Å²) in [7, 11) is 0. The van der Waals surface area contributed by atoms with Gasteiger partial charge in [0.25, 0.3) is 5.56 Å². The summed E-state index contributed by atoms with van der Waals surface area (Å²) in [6, 6.07) is 10.3. The van der Waals surface area contributed by atoms with Crippen molar-refractivity contribution in [2.75, 3.05) is 37.6 Å². The molecule has 0 atom stereocenters. The van der Waals surface area contributed by atoms with Crippen molar-refractivity contribution in [3.63, 3.8) is 0 Å². The van der Waals surface area contributed by atoms with Gasteiger partial charge in [0.2, 0.25) is 0 Å². The number of hydrogen-bond donors (Lipinski definition) is 0. The lowest BCUT2D eigenvalue weighted by Gasteiger charge is -2.35. The van der Waals surface area contributed by atoms with Gasteiger partial charge in [-0.2, -0.15) is 4.37 Å². The van der Waals surface area contributed by atoms with E-state index in [9.17, 15) is 4.79 Å². The molecule has 156 valence electrons. The maximum atomic E-state index is 12.7. The van der Waals surface area contributed by atoms with Gasteiger partial charge in [0, 0.05) is 56.4 Å². The Labute approximate surface area is 180 Å². The Morgan fingerprint density at radius 1 is 1.17 bits per heavy atom. The molecule has 1 aromatic carbocycles. The summed E-state index contributed by atoms with van der Waals surface area (Å²) in [6.45, 7) is 12.4. The fourth-order valence-corrected chi connectivity index (χ4v) is 4.51. The highest BCUT2D eigenvalue weighted by molar-refractivity contribution is 7.13. The van der Waals surface area contributed by atoms with E-state index in [1.54, 1.807) is 23.0 Å². The minimum Gasteiger partial charge on any atom is -0.353 e. The second kappa shape index (κ2) is 8.89. The average molecular weight is 423 g/mol. The molecule has 0 radical (unpaired) electrons. The van der Waals surface area contributed by atoms with Gasteiger partial charge in [0.15, 0.2) is 0 Å². The first-order valence-electron chi connectivity index (χ1n) is 10.1. The fraction of sp³-hybridized carbons (Fsp3) is 0.364. The van der Waals surface area contributed by atoms with E-state index in [0.717, 1.165) is 38.5 Å². The first-order valence-corrected chi connectivity index (χ1v) is 10.9. The molecule has 0 aliphatic carbocycles. The Morgan fingerprint density at radius 3 is 2.70 bits per heavy atom. The highest BCUT2D eigenvalue weighted by Gasteiger charge is 2.20. The third-order valence-electron chi connectivity index (χ3n) is 5.58. The number of rotatable bonds is 5. The van der Waals surface area contributed by atoms with Crippen LogP contribution in [0, 0.1) is 6.92 Å². The van der Waals surface area contributed by atoms with Crippen molar-refractivity contribution in [1.29, 1.82) is 0 Å². The van der Waals surface area contributed by atoms with Gasteiger partial charge >= 0.3 is 0 Å². The minimum atomic E-state index is 0.000640. The number of hydrogen-bond acceptors (Lipinski definition) is 6. The molecule has 8 heteroatoms. The molecule has 0 bridgehead atoms. The van der Waals surface area contributed by atoms with Gasteiger partial charge in [-0.1, -0.05) is 12.1 Å². The molecule has 7 nitrogen and oxygen atoms in total. The number of pyridine rings is 1. The van der Waals surface area contributed by atoms with Crippen molar-refractivity contribution in [2.45, 2.75) is 20.4 Å². The van der Waals surface area contributed by atoms with Gasteiger partial charge in [-0.05, 0) is 50.3 Å². The molecule has 0 N–H and O–H groups in total. The molecule has 0 amide bonds. The summed E-state index contributed by atoms with van der Waals surface area (Å²) in [5, 5.41) is 1.24. The van der Waals surface area contributed by atoms with Gasteiger partial charge < -0.3 is 9.47 Å². The third kappa shape index (κ3) is 4.20. The average Bonchev–Trinajstić information content (AvgIpc) is 3.21. The summed E-state index contributed by atoms with van der Waals surface area (Å²) in [5.41, 5.74) is 1.30. The molecular weight excluding hydrogens is 396 g/mol. The summed E-state index contributed by atoms with van der Waals surface area (Å²) in [6.07, 6.45) is 1.82. The van der Waals surface area contributed by atoms with Crippen LogP contribution in [0.2, 0.25) is 0 Å². The molecule has 3 heterocycles. The summed E-state index contributed by atoms with van der Waals surface area (Å²) in [5.74, 6) is 1.66. The molecule has 1 fully saturated rings. The second-order valence-electron chi connectivity index (χ2n) is 7.47. The molecule has 2 aromatic heterocycles. The normalized spacial score (nSPS) is 15.7. The monoisotopic (exact) mass is 422 g/mol. The van der Waals surface area contributed by atoms with Crippen LogP contribution in [0.1, 0.15) is 12.5 Å². The highest BCUT2D eigenvalue weighted by atomic mass is 32.1. The number of benzene rings is 1. The van der Waals surface area contributed by atoms with E-state index in [1.807, 2.05) is 19.2 Å². The maximum Gasteiger partial charge on any atom is 0.255 e. The smallest absolute Gasteiger partial charge is 0.255 e. The first-order chi connectivity index (χ1) is 14.6. The van der Waals surface area contributed by atoms with Crippen LogP contribution >= 0.6 is 11.5 Å². The lowest BCUT2D eigenvalue weighted by atomic mass is 10.2. The molecule has 1 aliphatic heterocycles. The molecule has 3 aromatic rings. The van der Waals surface area contributed by atoms with Crippen LogP contribution in [0.3, 0.4) is 0 Å².